The summed E-state index contributed by atoms with van der Waals surface area (Å²) in [6, 6.07) is 10.2. The molecule has 39 heavy (non-hydrogen) atoms. The summed E-state index contributed by atoms with van der Waals surface area (Å²) in [5, 5.41) is 17.3. The lowest BCUT2D eigenvalue weighted by molar-refractivity contribution is -0.122. The summed E-state index contributed by atoms with van der Waals surface area (Å²) < 4.78 is 57.5. The molecule has 0 radical (unpaired) electrons. The van der Waals surface area contributed by atoms with E-state index in [9.17, 15) is 27.1 Å². The summed E-state index contributed by atoms with van der Waals surface area (Å²) in [5.41, 5.74) is 2.51. The van der Waals surface area contributed by atoms with Gasteiger partial charge in [0.1, 0.15) is 17.9 Å². The summed E-state index contributed by atoms with van der Waals surface area (Å²) in [4.78, 5) is 16.8. The zero-order chi connectivity index (χ0) is 28.2. The van der Waals surface area contributed by atoms with Crippen molar-refractivity contribution in [3.8, 4) is 0 Å². The van der Waals surface area contributed by atoms with Crippen LogP contribution in [0.25, 0.3) is 0 Å². The molecule has 1 saturated carbocycles. The highest BCUT2D eigenvalue weighted by Gasteiger charge is 2.44. The number of aromatic nitrogens is 1. The number of halogens is 2. The van der Waals surface area contributed by atoms with Crippen molar-refractivity contribution >= 4 is 21.9 Å². The maximum Gasteiger partial charge on any atom is 0.308 e. The third-order valence-electron chi connectivity index (χ3n) is 6.64. The van der Waals surface area contributed by atoms with Gasteiger partial charge in [0, 0.05) is 18.2 Å². The molecule has 0 aliphatic heterocycles. The van der Waals surface area contributed by atoms with Gasteiger partial charge in [-0.3, -0.25) is 4.79 Å². The van der Waals surface area contributed by atoms with Gasteiger partial charge in [-0.25, -0.2) is 21.9 Å². The number of hydrogen-bond donors (Lipinski definition) is 4. The molecule has 1 aliphatic rings. The van der Waals surface area contributed by atoms with Gasteiger partial charge in [-0.1, -0.05) is 31.2 Å². The zero-order valence-corrected chi connectivity index (χ0v) is 22.5. The van der Waals surface area contributed by atoms with E-state index >= 15 is 0 Å². The van der Waals surface area contributed by atoms with Crippen molar-refractivity contribution in [2.45, 2.75) is 56.7 Å². The Morgan fingerprint density at radius 2 is 1.87 bits per heavy atom. The molecule has 0 spiro atoms. The van der Waals surface area contributed by atoms with Gasteiger partial charge in [-0.15, -0.1) is 0 Å². The fraction of sp³-hybridized carbons (Fsp3) is 0.407. The number of aryl methyl sites for hydroxylation is 1. The van der Waals surface area contributed by atoms with Crippen molar-refractivity contribution in [2.24, 2.45) is 0 Å². The van der Waals surface area contributed by atoms with Gasteiger partial charge in [-0.05, 0) is 54.5 Å². The smallest absolute Gasteiger partial charge is 0.308 e. The first-order chi connectivity index (χ1) is 18.4. The number of sulfonamides is 1. The molecule has 0 bridgehead atoms. The number of rotatable bonds is 13. The Hall–Kier alpha value is -3.35. The Balaban J connectivity index is 1.45. The van der Waals surface area contributed by atoms with Crippen molar-refractivity contribution in [2.75, 3.05) is 17.5 Å². The highest BCUT2D eigenvalue weighted by molar-refractivity contribution is 7.91. The molecule has 0 unspecified atom stereocenters. The van der Waals surface area contributed by atoms with Gasteiger partial charge in [-0.2, -0.15) is 4.98 Å². The number of amides is 1. The van der Waals surface area contributed by atoms with E-state index in [1.165, 1.54) is 5.56 Å². The van der Waals surface area contributed by atoms with Crippen molar-refractivity contribution in [1.29, 1.82) is 0 Å². The van der Waals surface area contributed by atoms with Crippen molar-refractivity contribution in [1.82, 2.24) is 15.6 Å². The number of nitrogens with zero attached hydrogens (tertiary/aromatic N) is 1. The molecule has 2 atom stereocenters. The molecular formula is C27H32F2N4O5S. The van der Waals surface area contributed by atoms with Crippen LogP contribution in [0.15, 0.2) is 53.1 Å². The molecule has 1 heterocycles. The number of aliphatic hydroxyl groups excluding tert-OH is 1. The minimum Gasteiger partial charge on any atom is -0.431 e. The van der Waals surface area contributed by atoms with E-state index in [-0.39, 0.29) is 42.2 Å². The average molecular weight is 563 g/mol. The fourth-order valence-corrected chi connectivity index (χ4v) is 4.92. The normalized spacial score (nSPS) is 15.9. The lowest BCUT2D eigenvalue weighted by atomic mass is 9.98. The van der Waals surface area contributed by atoms with E-state index in [1.807, 2.05) is 12.1 Å². The van der Waals surface area contributed by atoms with Crippen LogP contribution in [0, 0.1) is 11.6 Å². The molecule has 3 aromatic rings. The number of carbonyl (C=O) groups is 1. The third-order valence-corrected chi connectivity index (χ3v) is 7.19. The molecule has 1 aromatic heterocycles. The van der Waals surface area contributed by atoms with Crippen LogP contribution < -0.4 is 15.4 Å². The number of benzene rings is 2. The summed E-state index contributed by atoms with van der Waals surface area (Å²) in [6.07, 6.45) is 3.39. The van der Waals surface area contributed by atoms with Crippen LogP contribution in [0.1, 0.15) is 42.1 Å². The Bertz CT molecular complexity index is 1400. The number of carbonyl (C=O) groups excluding carboxylic acids is 1. The second kappa shape index (κ2) is 11.8. The molecule has 4 N–H and O–H groups in total. The molecule has 2 aromatic carbocycles. The Morgan fingerprint density at radius 1 is 1.15 bits per heavy atom. The minimum absolute atomic E-state index is 0.0265. The van der Waals surface area contributed by atoms with Gasteiger partial charge in [0.25, 0.3) is 0 Å². The molecule has 4 rings (SSSR count). The van der Waals surface area contributed by atoms with E-state index in [4.69, 9.17) is 4.42 Å². The number of nitrogens with one attached hydrogen (secondary N) is 3. The quantitative estimate of drug-likeness (QED) is 0.252. The van der Waals surface area contributed by atoms with Gasteiger partial charge < -0.3 is 20.2 Å². The van der Waals surface area contributed by atoms with Crippen LogP contribution in [0.2, 0.25) is 0 Å². The predicted molar refractivity (Wildman–Crippen MR) is 141 cm³/mol. The highest BCUT2D eigenvalue weighted by Crippen LogP contribution is 2.45. The second-order valence-corrected chi connectivity index (χ2v) is 11.7. The third kappa shape index (κ3) is 8.07. The van der Waals surface area contributed by atoms with Crippen molar-refractivity contribution in [3.05, 3.63) is 82.7 Å². The van der Waals surface area contributed by atoms with E-state index in [2.05, 4.69) is 39.4 Å². The Morgan fingerprint density at radius 3 is 2.51 bits per heavy atom. The second-order valence-electron chi connectivity index (χ2n) is 9.94. The van der Waals surface area contributed by atoms with Gasteiger partial charge >= 0.3 is 6.01 Å². The lowest BCUT2D eigenvalue weighted by Crippen LogP contribution is -2.50. The number of hydrogen-bond acceptors (Lipinski definition) is 7. The van der Waals surface area contributed by atoms with Crippen LogP contribution in [0.4, 0.5) is 14.8 Å². The van der Waals surface area contributed by atoms with Crippen molar-refractivity contribution < 1.29 is 31.5 Å². The summed E-state index contributed by atoms with van der Waals surface area (Å²) >= 11 is 0. The van der Waals surface area contributed by atoms with Gasteiger partial charge in [0.05, 0.1) is 30.5 Å². The zero-order valence-electron chi connectivity index (χ0n) is 21.7. The molecule has 12 heteroatoms. The Kier molecular flexibility index (Phi) is 8.67. The molecule has 1 aliphatic carbocycles. The standard InChI is InChI=1S/C27H32F2N4O5S/c1-3-17-5-4-6-19(9-17)27(7-8-27)30-15-24(34)23(12-18-10-20(28)13-21(29)11-18)32-25(35)14-22-16-38-26(31-22)33-39(2,36)37/h4-6,9-11,13,16,23-24,30,34H,3,7-8,12,14-15H2,1-2H3,(H,31,33)(H,32,35)/t23-,24+/m0/s1. The maximum atomic E-state index is 13.8. The Labute approximate surface area is 226 Å². The van der Waals surface area contributed by atoms with E-state index in [0.717, 1.165) is 55.5 Å². The predicted octanol–water partition coefficient (Wildman–Crippen LogP) is 2.80. The molecule has 210 valence electrons. The molecule has 1 fully saturated rings. The van der Waals surface area contributed by atoms with E-state index in [1.54, 1.807) is 0 Å². The molecule has 9 nitrogen and oxygen atoms in total. The fourth-order valence-electron chi connectivity index (χ4n) is 4.51. The first kappa shape index (κ1) is 28.7. The average Bonchev–Trinajstić information content (AvgIpc) is 3.54. The molecule has 0 saturated heterocycles. The van der Waals surface area contributed by atoms with Crippen molar-refractivity contribution in [3.63, 3.8) is 0 Å². The van der Waals surface area contributed by atoms with Crippen LogP contribution in [0.5, 0.6) is 0 Å². The first-order valence-electron chi connectivity index (χ1n) is 12.6. The number of oxazole rings is 1. The summed E-state index contributed by atoms with van der Waals surface area (Å²) in [6.45, 7) is 2.21. The van der Waals surface area contributed by atoms with E-state index in [0.29, 0.717) is 0 Å². The monoisotopic (exact) mass is 562 g/mol. The van der Waals surface area contributed by atoms with Crippen LogP contribution >= 0.6 is 0 Å². The van der Waals surface area contributed by atoms with Crippen LogP contribution in [-0.4, -0.2) is 49.4 Å². The topological polar surface area (TPSA) is 134 Å². The van der Waals surface area contributed by atoms with E-state index < -0.39 is 39.7 Å². The highest BCUT2D eigenvalue weighted by atomic mass is 32.2. The minimum atomic E-state index is -3.61. The maximum absolute atomic E-state index is 13.8. The summed E-state index contributed by atoms with van der Waals surface area (Å²) in [5.74, 6) is -2.06. The number of anilines is 1. The largest absolute Gasteiger partial charge is 0.431 e. The molecule has 1 amide bonds. The lowest BCUT2D eigenvalue weighted by Gasteiger charge is -2.27. The SMILES string of the molecule is CCc1cccc(C2(NC[C@@H](O)[C@H](Cc3cc(F)cc(F)c3)NC(=O)Cc3coc(NS(C)(=O)=O)n3)CC2)c1. The van der Waals surface area contributed by atoms with Crippen LogP contribution in [-0.2, 0) is 39.6 Å². The summed E-state index contributed by atoms with van der Waals surface area (Å²) in [7, 11) is -3.61. The number of aliphatic hydroxyl groups is 1. The van der Waals surface area contributed by atoms with Gasteiger partial charge in [0.2, 0.25) is 15.9 Å². The van der Waals surface area contributed by atoms with Gasteiger partial charge in [0.15, 0.2) is 0 Å². The first-order valence-corrected chi connectivity index (χ1v) is 14.5. The van der Waals surface area contributed by atoms with Crippen LogP contribution in [0.3, 0.4) is 0 Å². The molecular weight excluding hydrogens is 530 g/mol.